The maximum atomic E-state index is 12.1. The largest absolute Gasteiger partial charge is 0.573 e. The Morgan fingerprint density at radius 1 is 1.05 bits per heavy atom. The predicted octanol–water partition coefficient (Wildman–Crippen LogP) is 4.76. The lowest BCUT2D eigenvalue weighted by Gasteiger charge is -2.16. The first kappa shape index (κ1) is 18.8. The first-order valence-electron chi connectivity index (χ1n) is 5.68. The average Bonchev–Trinajstić information content (AvgIpc) is 2.37. The highest BCUT2D eigenvalue weighted by Gasteiger charge is 2.31. The molecule has 1 aromatic carbocycles. The van der Waals surface area contributed by atoms with E-state index in [1.165, 1.54) is 36.7 Å². The van der Waals surface area contributed by atoms with Crippen LogP contribution in [0.4, 0.5) is 13.2 Å². The molecule has 0 aliphatic rings. The van der Waals surface area contributed by atoms with Gasteiger partial charge in [-0.1, -0.05) is 35.3 Å². The summed E-state index contributed by atoms with van der Waals surface area (Å²) in [5.41, 5.74) is 7.03. The van der Waals surface area contributed by atoms with Gasteiger partial charge < -0.3 is 10.5 Å². The molecule has 120 valence electrons. The van der Waals surface area contributed by atoms with Crippen LogP contribution in [0, 0.1) is 0 Å². The van der Waals surface area contributed by atoms with Gasteiger partial charge in [-0.2, -0.15) is 0 Å². The van der Waals surface area contributed by atoms with Crippen LogP contribution in [0.2, 0.25) is 10.0 Å². The number of nitrogens with zero attached hydrogens (tertiary/aromatic N) is 1. The second-order valence-corrected chi connectivity index (χ2v) is 4.93. The van der Waals surface area contributed by atoms with Gasteiger partial charge in [-0.15, -0.1) is 25.6 Å². The predicted molar refractivity (Wildman–Crippen MR) is 80.7 cm³/mol. The average molecular weight is 374 g/mol. The third-order valence-electron chi connectivity index (χ3n) is 2.67. The first-order chi connectivity index (χ1) is 9.78. The van der Waals surface area contributed by atoms with Crippen molar-refractivity contribution in [3.63, 3.8) is 0 Å². The molecule has 1 atom stereocenters. The standard InChI is InChI=1S/C13H9Cl2F3N2O.ClH/c14-9-5-20-6-10(15)11(9)12(19)7-1-3-8(4-2-7)21-13(16,17)18;/h1-6,12H,19H2;1H/t12-;/m1./s1. The Kier molecular flexibility index (Phi) is 6.31. The van der Waals surface area contributed by atoms with Crippen molar-refractivity contribution < 1.29 is 17.9 Å². The summed E-state index contributed by atoms with van der Waals surface area (Å²) in [7, 11) is 0. The Bertz CT molecular complexity index is 615. The number of nitrogens with two attached hydrogens (primary N) is 1. The lowest BCUT2D eigenvalue weighted by Crippen LogP contribution is -2.17. The molecule has 0 fully saturated rings. The fourth-order valence-corrected chi connectivity index (χ4v) is 2.36. The zero-order valence-corrected chi connectivity index (χ0v) is 13.1. The molecule has 2 aromatic rings. The smallest absolute Gasteiger partial charge is 0.406 e. The summed E-state index contributed by atoms with van der Waals surface area (Å²) in [4.78, 5) is 3.81. The molecular formula is C13H10Cl3F3N2O. The normalized spacial score (nSPS) is 12.5. The summed E-state index contributed by atoms with van der Waals surface area (Å²) in [6.45, 7) is 0. The van der Waals surface area contributed by atoms with E-state index in [0.29, 0.717) is 11.1 Å². The van der Waals surface area contributed by atoms with E-state index in [-0.39, 0.29) is 28.2 Å². The van der Waals surface area contributed by atoms with Crippen LogP contribution in [0.3, 0.4) is 0 Å². The molecule has 0 spiro atoms. The van der Waals surface area contributed by atoms with Gasteiger partial charge in [0, 0.05) is 18.0 Å². The van der Waals surface area contributed by atoms with Crippen LogP contribution < -0.4 is 10.5 Å². The Morgan fingerprint density at radius 2 is 1.55 bits per heavy atom. The number of benzene rings is 1. The van der Waals surface area contributed by atoms with E-state index in [4.69, 9.17) is 28.9 Å². The second-order valence-electron chi connectivity index (χ2n) is 4.11. The second kappa shape index (κ2) is 7.37. The fraction of sp³-hybridized carbons (Fsp3) is 0.154. The molecule has 1 heterocycles. The molecule has 9 heteroatoms. The third kappa shape index (κ3) is 4.64. The summed E-state index contributed by atoms with van der Waals surface area (Å²) < 4.78 is 40.0. The molecular weight excluding hydrogens is 364 g/mol. The van der Waals surface area contributed by atoms with Gasteiger partial charge >= 0.3 is 6.36 Å². The maximum absolute atomic E-state index is 12.1. The topological polar surface area (TPSA) is 48.1 Å². The van der Waals surface area contributed by atoms with Crippen LogP contribution in [0.5, 0.6) is 5.75 Å². The minimum atomic E-state index is -4.73. The summed E-state index contributed by atoms with van der Waals surface area (Å²) in [5.74, 6) is -0.328. The molecule has 22 heavy (non-hydrogen) atoms. The molecule has 0 bridgehead atoms. The quantitative estimate of drug-likeness (QED) is 0.844. The van der Waals surface area contributed by atoms with Crippen molar-refractivity contribution in [2.24, 2.45) is 5.73 Å². The monoisotopic (exact) mass is 372 g/mol. The zero-order valence-electron chi connectivity index (χ0n) is 10.8. The van der Waals surface area contributed by atoms with E-state index in [0.717, 1.165) is 0 Å². The summed E-state index contributed by atoms with van der Waals surface area (Å²) >= 11 is 12.0. The molecule has 0 radical (unpaired) electrons. The van der Waals surface area contributed by atoms with Gasteiger partial charge in [0.1, 0.15) is 5.75 Å². The van der Waals surface area contributed by atoms with Crippen LogP contribution in [0.25, 0.3) is 0 Å². The van der Waals surface area contributed by atoms with Gasteiger partial charge in [-0.25, -0.2) is 0 Å². The minimum Gasteiger partial charge on any atom is -0.406 e. The summed E-state index contributed by atoms with van der Waals surface area (Å²) in [6, 6.07) is 4.49. The number of hydrogen-bond acceptors (Lipinski definition) is 3. The SMILES string of the molecule is Cl.N[C@H](c1ccc(OC(F)(F)F)cc1)c1c(Cl)cncc1Cl. The molecule has 3 nitrogen and oxygen atoms in total. The van der Waals surface area contributed by atoms with Crippen LogP contribution >= 0.6 is 35.6 Å². The number of aromatic nitrogens is 1. The molecule has 0 saturated heterocycles. The van der Waals surface area contributed by atoms with Crippen molar-refractivity contribution in [3.05, 3.63) is 57.8 Å². The molecule has 0 saturated carbocycles. The van der Waals surface area contributed by atoms with Crippen molar-refractivity contribution >= 4 is 35.6 Å². The Labute approximate surface area is 140 Å². The number of hydrogen-bond donors (Lipinski definition) is 1. The lowest BCUT2D eigenvalue weighted by molar-refractivity contribution is -0.274. The van der Waals surface area contributed by atoms with E-state index in [1.54, 1.807) is 0 Å². The van der Waals surface area contributed by atoms with Crippen molar-refractivity contribution in [2.75, 3.05) is 0 Å². The lowest BCUT2D eigenvalue weighted by atomic mass is 10.0. The molecule has 0 aliphatic carbocycles. The van der Waals surface area contributed by atoms with E-state index in [2.05, 4.69) is 9.72 Å². The molecule has 2 rings (SSSR count). The van der Waals surface area contributed by atoms with Crippen LogP contribution in [-0.4, -0.2) is 11.3 Å². The van der Waals surface area contributed by atoms with Gasteiger partial charge in [-0.05, 0) is 17.7 Å². The van der Waals surface area contributed by atoms with Gasteiger partial charge in [0.2, 0.25) is 0 Å². The van der Waals surface area contributed by atoms with E-state index < -0.39 is 12.4 Å². The van der Waals surface area contributed by atoms with Crippen molar-refractivity contribution in [1.82, 2.24) is 4.98 Å². The highest BCUT2D eigenvalue weighted by molar-refractivity contribution is 6.35. The number of rotatable bonds is 3. The Morgan fingerprint density at radius 3 is 2.00 bits per heavy atom. The van der Waals surface area contributed by atoms with Crippen molar-refractivity contribution in [2.45, 2.75) is 12.4 Å². The number of ether oxygens (including phenoxy) is 1. The fourth-order valence-electron chi connectivity index (χ4n) is 1.76. The highest BCUT2D eigenvalue weighted by Crippen LogP contribution is 2.32. The molecule has 0 amide bonds. The molecule has 0 unspecified atom stereocenters. The van der Waals surface area contributed by atoms with Crippen LogP contribution in [0.1, 0.15) is 17.2 Å². The minimum absolute atomic E-state index is 0. The number of pyridine rings is 1. The van der Waals surface area contributed by atoms with Crippen LogP contribution in [0.15, 0.2) is 36.7 Å². The Hall–Kier alpha value is -1.21. The van der Waals surface area contributed by atoms with E-state index >= 15 is 0 Å². The van der Waals surface area contributed by atoms with E-state index in [1.807, 2.05) is 0 Å². The van der Waals surface area contributed by atoms with Crippen molar-refractivity contribution in [3.8, 4) is 5.75 Å². The highest BCUT2D eigenvalue weighted by atomic mass is 35.5. The third-order valence-corrected chi connectivity index (χ3v) is 3.28. The zero-order chi connectivity index (χ0) is 15.6. The van der Waals surface area contributed by atoms with Crippen LogP contribution in [-0.2, 0) is 0 Å². The van der Waals surface area contributed by atoms with Gasteiger partial charge in [-0.3, -0.25) is 4.98 Å². The molecule has 0 aliphatic heterocycles. The first-order valence-corrected chi connectivity index (χ1v) is 6.43. The van der Waals surface area contributed by atoms with E-state index in [9.17, 15) is 13.2 Å². The summed E-state index contributed by atoms with van der Waals surface area (Å²) in [5, 5.41) is 0.566. The molecule has 1 aromatic heterocycles. The summed E-state index contributed by atoms with van der Waals surface area (Å²) in [6.07, 6.45) is -1.95. The Balaban J connectivity index is 0.00000242. The number of halogens is 6. The molecule has 2 N–H and O–H groups in total. The maximum Gasteiger partial charge on any atom is 0.573 e. The van der Waals surface area contributed by atoms with Gasteiger partial charge in [0.05, 0.1) is 16.1 Å². The van der Waals surface area contributed by atoms with Gasteiger partial charge in [0.25, 0.3) is 0 Å². The number of alkyl halides is 3. The van der Waals surface area contributed by atoms with Crippen molar-refractivity contribution in [1.29, 1.82) is 0 Å². The van der Waals surface area contributed by atoms with Gasteiger partial charge in [0.15, 0.2) is 0 Å².